The molecule has 0 saturated carbocycles. The van der Waals surface area contributed by atoms with Gasteiger partial charge in [-0.1, -0.05) is 48.4 Å². The molecule has 0 aromatic heterocycles. The molecule has 0 amide bonds. The fourth-order valence-corrected chi connectivity index (χ4v) is 3.00. The SMILES string of the molecule is CCCNC(c1cc(C)cc(C)c1)c1cccc(Br)c1F. The number of hydrogen-bond donors (Lipinski definition) is 1. The Morgan fingerprint density at radius 1 is 1.14 bits per heavy atom. The second-order valence-electron chi connectivity index (χ2n) is 5.45. The molecule has 0 saturated heterocycles. The number of nitrogens with one attached hydrogen (secondary N) is 1. The van der Waals surface area contributed by atoms with Crippen molar-refractivity contribution in [2.24, 2.45) is 0 Å². The lowest BCUT2D eigenvalue weighted by atomic mass is 9.95. The highest BCUT2D eigenvalue weighted by Crippen LogP contribution is 2.29. The van der Waals surface area contributed by atoms with Crippen molar-refractivity contribution in [2.45, 2.75) is 33.2 Å². The summed E-state index contributed by atoms with van der Waals surface area (Å²) in [5.74, 6) is -0.190. The molecule has 2 aromatic carbocycles. The van der Waals surface area contributed by atoms with Crippen LogP contribution in [0.2, 0.25) is 0 Å². The minimum absolute atomic E-state index is 0.124. The Labute approximate surface area is 134 Å². The predicted molar refractivity (Wildman–Crippen MR) is 90.2 cm³/mol. The average molecular weight is 350 g/mol. The van der Waals surface area contributed by atoms with Gasteiger partial charge in [-0.2, -0.15) is 0 Å². The Kier molecular flexibility index (Phi) is 5.54. The molecule has 0 aliphatic rings. The second-order valence-corrected chi connectivity index (χ2v) is 6.31. The van der Waals surface area contributed by atoms with Crippen LogP contribution in [0.5, 0.6) is 0 Å². The van der Waals surface area contributed by atoms with Gasteiger partial charge in [0, 0.05) is 5.56 Å². The van der Waals surface area contributed by atoms with E-state index in [0.717, 1.165) is 18.5 Å². The van der Waals surface area contributed by atoms with Gasteiger partial charge in [0.25, 0.3) is 0 Å². The largest absolute Gasteiger partial charge is 0.306 e. The molecular weight excluding hydrogens is 329 g/mol. The number of benzene rings is 2. The number of halogens is 2. The Hall–Kier alpha value is -1.19. The lowest BCUT2D eigenvalue weighted by Gasteiger charge is -2.21. The van der Waals surface area contributed by atoms with Gasteiger partial charge in [-0.15, -0.1) is 0 Å². The lowest BCUT2D eigenvalue weighted by molar-refractivity contribution is 0.543. The Morgan fingerprint density at radius 2 is 1.81 bits per heavy atom. The molecular formula is C18H21BrFN. The highest BCUT2D eigenvalue weighted by Gasteiger charge is 2.19. The van der Waals surface area contributed by atoms with Gasteiger partial charge in [0.05, 0.1) is 10.5 Å². The smallest absolute Gasteiger partial charge is 0.142 e. The zero-order chi connectivity index (χ0) is 15.4. The highest BCUT2D eigenvalue weighted by atomic mass is 79.9. The van der Waals surface area contributed by atoms with E-state index >= 15 is 0 Å². The zero-order valence-corrected chi connectivity index (χ0v) is 14.3. The summed E-state index contributed by atoms with van der Waals surface area (Å²) < 4.78 is 15.0. The third-order valence-electron chi connectivity index (χ3n) is 3.47. The fourth-order valence-electron chi connectivity index (χ4n) is 2.62. The first-order chi connectivity index (χ1) is 10.0. The van der Waals surface area contributed by atoms with Gasteiger partial charge in [-0.05, 0) is 54.4 Å². The Bertz CT molecular complexity index is 604. The van der Waals surface area contributed by atoms with E-state index in [-0.39, 0.29) is 11.9 Å². The van der Waals surface area contributed by atoms with E-state index in [4.69, 9.17) is 0 Å². The molecule has 0 spiro atoms. The summed E-state index contributed by atoms with van der Waals surface area (Å²) in [5.41, 5.74) is 4.19. The molecule has 1 N–H and O–H groups in total. The molecule has 0 aliphatic heterocycles. The van der Waals surface area contributed by atoms with Crippen LogP contribution in [0.25, 0.3) is 0 Å². The van der Waals surface area contributed by atoms with Gasteiger partial charge in [-0.3, -0.25) is 0 Å². The molecule has 1 atom stereocenters. The normalized spacial score (nSPS) is 12.4. The van der Waals surface area contributed by atoms with Gasteiger partial charge < -0.3 is 5.32 Å². The van der Waals surface area contributed by atoms with Crippen molar-refractivity contribution in [3.05, 3.63) is 68.9 Å². The molecule has 112 valence electrons. The number of aryl methyl sites for hydroxylation is 2. The van der Waals surface area contributed by atoms with Crippen LogP contribution >= 0.6 is 15.9 Å². The molecule has 21 heavy (non-hydrogen) atoms. The zero-order valence-electron chi connectivity index (χ0n) is 12.7. The summed E-state index contributed by atoms with van der Waals surface area (Å²) in [4.78, 5) is 0. The third-order valence-corrected chi connectivity index (χ3v) is 4.08. The van der Waals surface area contributed by atoms with E-state index in [0.29, 0.717) is 10.0 Å². The second kappa shape index (κ2) is 7.19. The van der Waals surface area contributed by atoms with E-state index in [2.05, 4.69) is 60.2 Å². The maximum Gasteiger partial charge on any atom is 0.142 e. The minimum atomic E-state index is -0.190. The van der Waals surface area contributed by atoms with Crippen LogP contribution in [0, 0.1) is 19.7 Å². The Balaban J connectivity index is 2.49. The van der Waals surface area contributed by atoms with Crippen LogP contribution in [0.1, 0.15) is 41.6 Å². The highest BCUT2D eigenvalue weighted by molar-refractivity contribution is 9.10. The standard InChI is InChI=1S/C18H21BrFN/c1-4-8-21-18(14-10-12(2)9-13(3)11-14)15-6-5-7-16(19)17(15)20/h5-7,9-11,18,21H,4,8H2,1-3H3. The molecule has 0 radical (unpaired) electrons. The topological polar surface area (TPSA) is 12.0 Å². The van der Waals surface area contributed by atoms with Crippen molar-refractivity contribution in [1.82, 2.24) is 5.32 Å². The summed E-state index contributed by atoms with van der Waals surface area (Å²) in [6.07, 6.45) is 1.01. The first-order valence-corrected chi connectivity index (χ1v) is 8.07. The quantitative estimate of drug-likeness (QED) is 0.772. The maximum atomic E-state index is 14.5. The van der Waals surface area contributed by atoms with Crippen LogP contribution in [-0.4, -0.2) is 6.54 Å². The van der Waals surface area contributed by atoms with Crippen molar-refractivity contribution >= 4 is 15.9 Å². The van der Waals surface area contributed by atoms with Crippen molar-refractivity contribution in [3.8, 4) is 0 Å². The summed E-state index contributed by atoms with van der Waals surface area (Å²) in [5, 5.41) is 3.46. The van der Waals surface area contributed by atoms with E-state index in [1.165, 1.54) is 11.1 Å². The fraction of sp³-hybridized carbons (Fsp3) is 0.333. The van der Waals surface area contributed by atoms with Crippen LogP contribution in [0.3, 0.4) is 0 Å². The summed E-state index contributed by atoms with van der Waals surface area (Å²) in [7, 11) is 0. The van der Waals surface area contributed by atoms with E-state index in [1.807, 2.05) is 12.1 Å². The number of hydrogen-bond acceptors (Lipinski definition) is 1. The molecule has 0 aliphatic carbocycles. The van der Waals surface area contributed by atoms with Gasteiger partial charge in [0.1, 0.15) is 5.82 Å². The van der Waals surface area contributed by atoms with Crippen LogP contribution in [-0.2, 0) is 0 Å². The molecule has 3 heteroatoms. The summed E-state index contributed by atoms with van der Waals surface area (Å²) in [6, 6.07) is 11.7. The van der Waals surface area contributed by atoms with Gasteiger partial charge in [-0.25, -0.2) is 4.39 Å². The van der Waals surface area contributed by atoms with Gasteiger partial charge in [0.15, 0.2) is 0 Å². The molecule has 1 nitrogen and oxygen atoms in total. The van der Waals surface area contributed by atoms with Crippen LogP contribution in [0.15, 0.2) is 40.9 Å². The van der Waals surface area contributed by atoms with Gasteiger partial charge >= 0.3 is 0 Å². The molecule has 2 rings (SSSR count). The third kappa shape index (κ3) is 3.92. The van der Waals surface area contributed by atoms with Crippen molar-refractivity contribution in [2.75, 3.05) is 6.54 Å². The summed E-state index contributed by atoms with van der Waals surface area (Å²) in [6.45, 7) is 7.11. The van der Waals surface area contributed by atoms with Crippen molar-refractivity contribution in [3.63, 3.8) is 0 Å². The molecule has 0 bridgehead atoms. The van der Waals surface area contributed by atoms with Crippen molar-refractivity contribution < 1.29 is 4.39 Å². The van der Waals surface area contributed by atoms with E-state index in [1.54, 1.807) is 6.07 Å². The lowest BCUT2D eigenvalue weighted by Crippen LogP contribution is -2.24. The van der Waals surface area contributed by atoms with Crippen LogP contribution < -0.4 is 5.32 Å². The van der Waals surface area contributed by atoms with Gasteiger partial charge in [0.2, 0.25) is 0 Å². The molecule has 2 aromatic rings. The molecule has 0 fully saturated rings. The van der Waals surface area contributed by atoms with E-state index < -0.39 is 0 Å². The molecule has 0 heterocycles. The number of rotatable bonds is 5. The monoisotopic (exact) mass is 349 g/mol. The first-order valence-electron chi connectivity index (χ1n) is 7.28. The minimum Gasteiger partial charge on any atom is -0.306 e. The van der Waals surface area contributed by atoms with E-state index in [9.17, 15) is 4.39 Å². The maximum absolute atomic E-state index is 14.5. The summed E-state index contributed by atoms with van der Waals surface area (Å²) >= 11 is 3.28. The molecule has 1 unspecified atom stereocenters. The first kappa shape index (κ1) is 16.2. The Morgan fingerprint density at radius 3 is 2.43 bits per heavy atom. The average Bonchev–Trinajstić information content (AvgIpc) is 2.42. The van der Waals surface area contributed by atoms with Crippen molar-refractivity contribution in [1.29, 1.82) is 0 Å². The van der Waals surface area contributed by atoms with Crippen LogP contribution in [0.4, 0.5) is 4.39 Å². The predicted octanol–water partition coefficient (Wildman–Crippen LogP) is 5.29.